The summed E-state index contributed by atoms with van der Waals surface area (Å²) in [6.45, 7) is 2.54. The molecule has 1 aromatic heterocycles. The number of aromatic nitrogens is 4. The van der Waals surface area contributed by atoms with Crippen LogP contribution in [0.5, 0.6) is 0 Å². The number of rotatable bonds is 7. The summed E-state index contributed by atoms with van der Waals surface area (Å²) in [6.07, 6.45) is -0.388. The molecular formula is C20H28N5O4S2+. The van der Waals surface area contributed by atoms with Crippen LogP contribution >= 0.6 is 11.8 Å². The van der Waals surface area contributed by atoms with E-state index in [4.69, 9.17) is 4.55 Å². The van der Waals surface area contributed by atoms with Crippen molar-refractivity contribution in [3.8, 4) is 5.69 Å². The minimum Gasteiger partial charge on any atom is -0.386 e. The number of benzene rings is 2. The number of quaternary nitrogens is 1. The Balaban J connectivity index is 0.000000262. The van der Waals surface area contributed by atoms with Gasteiger partial charge in [-0.05, 0) is 41.6 Å². The van der Waals surface area contributed by atoms with Crippen molar-refractivity contribution < 1.29 is 22.6 Å². The van der Waals surface area contributed by atoms with Crippen LogP contribution in [0.15, 0.2) is 64.6 Å². The number of tetrazole rings is 1. The van der Waals surface area contributed by atoms with E-state index in [2.05, 4.69) is 36.7 Å². The Morgan fingerprint density at radius 3 is 2.23 bits per heavy atom. The van der Waals surface area contributed by atoms with Crippen molar-refractivity contribution in [2.24, 2.45) is 0 Å². The van der Waals surface area contributed by atoms with E-state index in [1.165, 1.54) is 23.9 Å². The maximum atomic E-state index is 10.5. The van der Waals surface area contributed by atoms with Crippen LogP contribution in [0, 0.1) is 6.92 Å². The van der Waals surface area contributed by atoms with Gasteiger partial charge in [0.25, 0.3) is 10.1 Å². The minimum absolute atomic E-state index is 0.0666. The van der Waals surface area contributed by atoms with Crippen molar-refractivity contribution in [2.45, 2.75) is 23.1 Å². The molecule has 3 aromatic rings. The highest BCUT2D eigenvalue weighted by Gasteiger charge is 2.17. The zero-order valence-corrected chi connectivity index (χ0v) is 19.6. The fraction of sp³-hybridized carbons (Fsp3) is 0.350. The highest BCUT2D eigenvalue weighted by atomic mass is 32.2. The first kappa shape index (κ1) is 25.0. The summed E-state index contributed by atoms with van der Waals surface area (Å²) in [6, 6.07) is 15.7. The summed E-state index contributed by atoms with van der Waals surface area (Å²) in [4.78, 5) is -0.0666. The molecule has 9 nitrogen and oxygen atoms in total. The summed E-state index contributed by atoms with van der Waals surface area (Å²) in [7, 11) is 2.15. The largest absolute Gasteiger partial charge is 0.386 e. The van der Waals surface area contributed by atoms with Gasteiger partial charge in [0.1, 0.15) is 12.6 Å². The van der Waals surface area contributed by atoms with E-state index < -0.39 is 10.1 Å². The van der Waals surface area contributed by atoms with Crippen LogP contribution in [0.2, 0.25) is 0 Å². The zero-order valence-electron chi connectivity index (χ0n) is 18.0. The number of aliphatic hydroxyl groups excluding tert-OH is 1. The molecule has 0 bridgehead atoms. The third kappa shape index (κ3) is 8.75. The molecule has 0 aliphatic rings. The molecule has 31 heavy (non-hydrogen) atoms. The molecule has 0 saturated heterocycles. The number of hydrogen-bond acceptors (Lipinski definition) is 7. The van der Waals surface area contributed by atoms with Gasteiger partial charge < -0.3 is 9.59 Å². The molecule has 1 unspecified atom stereocenters. The van der Waals surface area contributed by atoms with E-state index in [1.807, 2.05) is 37.3 Å². The van der Waals surface area contributed by atoms with Gasteiger partial charge >= 0.3 is 0 Å². The number of hydrogen-bond donors (Lipinski definition) is 2. The lowest BCUT2D eigenvalue weighted by atomic mass is 10.2. The summed E-state index contributed by atoms with van der Waals surface area (Å²) in [5, 5.41) is 22.4. The van der Waals surface area contributed by atoms with Crippen LogP contribution in [-0.4, -0.2) is 82.3 Å². The predicted molar refractivity (Wildman–Crippen MR) is 120 cm³/mol. The Labute approximate surface area is 187 Å². The van der Waals surface area contributed by atoms with Crippen molar-refractivity contribution in [1.29, 1.82) is 0 Å². The standard InChI is InChI=1S/C13H20N5OS.C7H8O3S/c1-18(2,3)9-12(19)10-20-13-14-15-16-17(13)11-7-5-4-6-8-11;1-6-2-4-7(5-3-6)11(8,9)10/h4-8,12,19H,9-10H2,1-3H3;2-5H,1H3,(H,8,9,10)/q+1;. The fourth-order valence-corrected chi connectivity index (χ4v) is 3.85. The topological polar surface area (TPSA) is 118 Å². The minimum atomic E-state index is -4.02. The molecule has 3 rings (SSSR count). The average molecular weight is 467 g/mol. The van der Waals surface area contributed by atoms with E-state index >= 15 is 0 Å². The molecule has 0 aliphatic carbocycles. The summed E-state index contributed by atoms with van der Waals surface area (Å²) >= 11 is 1.46. The van der Waals surface area contributed by atoms with Gasteiger partial charge in [-0.1, -0.05) is 47.7 Å². The lowest BCUT2D eigenvalue weighted by molar-refractivity contribution is -0.873. The zero-order chi connectivity index (χ0) is 23.1. The van der Waals surface area contributed by atoms with Crippen LogP contribution in [0.1, 0.15) is 5.56 Å². The molecule has 0 fully saturated rings. The molecule has 2 N–H and O–H groups in total. The molecule has 0 amide bonds. The van der Waals surface area contributed by atoms with Gasteiger partial charge in [-0.2, -0.15) is 13.1 Å². The third-order valence-corrected chi connectivity index (χ3v) is 5.86. The number of aliphatic hydroxyl groups is 1. The molecule has 1 heterocycles. The van der Waals surface area contributed by atoms with Crippen molar-refractivity contribution in [3.05, 3.63) is 60.2 Å². The maximum absolute atomic E-state index is 10.5. The Morgan fingerprint density at radius 1 is 1.06 bits per heavy atom. The Morgan fingerprint density at radius 2 is 1.68 bits per heavy atom. The van der Waals surface area contributed by atoms with Crippen LogP contribution in [-0.2, 0) is 10.1 Å². The first-order valence-corrected chi connectivity index (χ1v) is 11.9. The van der Waals surface area contributed by atoms with E-state index in [0.29, 0.717) is 17.5 Å². The smallest absolute Gasteiger partial charge is 0.294 e. The fourth-order valence-electron chi connectivity index (χ4n) is 2.57. The predicted octanol–water partition coefficient (Wildman–Crippen LogP) is 2.06. The summed E-state index contributed by atoms with van der Waals surface area (Å²) in [5.74, 6) is 0.572. The van der Waals surface area contributed by atoms with Crippen LogP contribution in [0.25, 0.3) is 5.69 Å². The van der Waals surface area contributed by atoms with Gasteiger partial charge in [0, 0.05) is 5.75 Å². The monoisotopic (exact) mass is 466 g/mol. The lowest BCUT2D eigenvalue weighted by Crippen LogP contribution is -2.42. The van der Waals surface area contributed by atoms with Crippen LogP contribution in [0.3, 0.4) is 0 Å². The van der Waals surface area contributed by atoms with Gasteiger partial charge in [0.05, 0.1) is 31.7 Å². The van der Waals surface area contributed by atoms with Gasteiger partial charge in [-0.3, -0.25) is 4.55 Å². The first-order valence-electron chi connectivity index (χ1n) is 9.45. The highest BCUT2D eigenvalue weighted by molar-refractivity contribution is 7.99. The van der Waals surface area contributed by atoms with Crippen molar-refractivity contribution in [1.82, 2.24) is 20.2 Å². The second-order valence-electron chi connectivity index (χ2n) is 7.93. The molecule has 168 valence electrons. The molecule has 2 aromatic carbocycles. The second-order valence-corrected chi connectivity index (χ2v) is 10.3. The van der Waals surface area contributed by atoms with E-state index in [9.17, 15) is 13.5 Å². The van der Waals surface area contributed by atoms with Crippen LogP contribution in [0.4, 0.5) is 0 Å². The number of likely N-dealkylation sites (N-methyl/N-ethyl adjacent to an activating group) is 1. The normalized spacial score (nSPS) is 12.7. The van der Waals surface area contributed by atoms with Gasteiger partial charge in [0.2, 0.25) is 5.16 Å². The van der Waals surface area contributed by atoms with Crippen molar-refractivity contribution in [2.75, 3.05) is 33.4 Å². The van der Waals surface area contributed by atoms with Crippen LogP contribution < -0.4 is 0 Å². The summed E-state index contributed by atoms with van der Waals surface area (Å²) in [5.41, 5.74) is 1.87. The second kappa shape index (κ2) is 10.8. The number of thioether (sulfide) groups is 1. The average Bonchev–Trinajstić information content (AvgIpc) is 3.14. The maximum Gasteiger partial charge on any atom is 0.294 e. The van der Waals surface area contributed by atoms with E-state index in [0.717, 1.165) is 15.7 Å². The molecule has 0 spiro atoms. The van der Waals surface area contributed by atoms with E-state index in [1.54, 1.807) is 16.8 Å². The van der Waals surface area contributed by atoms with Crippen molar-refractivity contribution >= 4 is 21.9 Å². The van der Waals surface area contributed by atoms with Gasteiger partial charge in [-0.15, -0.1) is 5.10 Å². The molecule has 0 saturated carbocycles. The number of para-hydroxylation sites is 1. The Kier molecular flexibility index (Phi) is 8.71. The molecular weight excluding hydrogens is 438 g/mol. The van der Waals surface area contributed by atoms with Crippen molar-refractivity contribution in [3.63, 3.8) is 0 Å². The molecule has 0 radical (unpaired) electrons. The first-order chi connectivity index (χ1) is 14.5. The Bertz CT molecular complexity index is 1050. The highest BCUT2D eigenvalue weighted by Crippen LogP contribution is 2.19. The Hall–Kier alpha value is -2.31. The molecule has 11 heteroatoms. The van der Waals surface area contributed by atoms with E-state index in [-0.39, 0.29) is 11.0 Å². The molecule has 1 atom stereocenters. The SMILES string of the molecule is C[N+](C)(C)CC(O)CSc1nnnn1-c1ccccc1.Cc1ccc(S(=O)(=O)O)cc1. The lowest BCUT2D eigenvalue weighted by Gasteiger charge is -2.26. The summed E-state index contributed by atoms with van der Waals surface area (Å²) < 4.78 is 32.0. The number of nitrogens with zero attached hydrogens (tertiary/aromatic N) is 5. The molecule has 0 aliphatic heterocycles. The van der Waals surface area contributed by atoms with Gasteiger partial charge in [0.15, 0.2) is 0 Å². The van der Waals surface area contributed by atoms with Gasteiger partial charge in [-0.25, -0.2) is 0 Å². The quantitative estimate of drug-likeness (QED) is 0.309. The third-order valence-electron chi connectivity index (χ3n) is 3.92. The number of aryl methyl sites for hydroxylation is 1.